The second-order valence-electron chi connectivity index (χ2n) is 7.62. The summed E-state index contributed by atoms with van der Waals surface area (Å²) in [6.07, 6.45) is 0.407. The van der Waals surface area contributed by atoms with Gasteiger partial charge in [0, 0.05) is 41.5 Å². The van der Waals surface area contributed by atoms with E-state index in [1.54, 1.807) is 60.5 Å². The van der Waals surface area contributed by atoms with E-state index < -0.39 is 5.92 Å². The van der Waals surface area contributed by atoms with E-state index in [-0.39, 0.29) is 30.6 Å². The predicted molar refractivity (Wildman–Crippen MR) is 137 cm³/mol. The molecule has 3 aromatic rings. The third-order valence-electron chi connectivity index (χ3n) is 5.18. The van der Waals surface area contributed by atoms with Gasteiger partial charge in [-0.15, -0.1) is 10.2 Å². The van der Waals surface area contributed by atoms with Gasteiger partial charge in [-0.3, -0.25) is 14.4 Å². The van der Waals surface area contributed by atoms with Crippen LogP contribution in [0.25, 0.3) is 0 Å². The summed E-state index contributed by atoms with van der Waals surface area (Å²) in [5.74, 6) is 0.192. The molecular weight excluding hydrogens is 510 g/mol. The fourth-order valence-electron chi connectivity index (χ4n) is 3.44. The van der Waals surface area contributed by atoms with E-state index in [9.17, 15) is 14.4 Å². The summed E-state index contributed by atoms with van der Waals surface area (Å²) in [5.41, 5.74) is 1.37. The molecule has 35 heavy (non-hydrogen) atoms. The number of amides is 3. The minimum Gasteiger partial charge on any atom is -0.497 e. The van der Waals surface area contributed by atoms with Gasteiger partial charge in [-0.2, -0.15) is 0 Å². The first-order valence-electron chi connectivity index (χ1n) is 10.7. The van der Waals surface area contributed by atoms with Crippen LogP contribution < -0.4 is 20.3 Å². The number of methoxy groups -OCH3 is 1. The standard InChI is InChI=1S/C23H22ClN5O4S2/c1-33-18-7-5-17(6-8-18)29-13-14(11-20(29)31)21(32)26-22-27-28-23(35-22)34-10-9-19(30)25-16-4-2-3-15(24)12-16/h2-8,12,14H,9-11,13H2,1H3,(H,25,30)(H,26,27,32). The van der Waals surface area contributed by atoms with E-state index in [1.807, 2.05) is 0 Å². The van der Waals surface area contributed by atoms with Gasteiger partial charge in [0.25, 0.3) is 0 Å². The Kier molecular flexibility index (Phi) is 8.21. The minimum atomic E-state index is -0.486. The van der Waals surface area contributed by atoms with Crippen molar-refractivity contribution < 1.29 is 19.1 Å². The van der Waals surface area contributed by atoms with Crippen molar-refractivity contribution in [1.29, 1.82) is 0 Å². The molecule has 1 saturated heterocycles. The van der Waals surface area contributed by atoms with Gasteiger partial charge >= 0.3 is 0 Å². The Hall–Kier alpha value is -3.15. The van der Waals surface area contributed by atoms with Gasteiger partial charge in [0.1, 0.15) is 5.75 Å². The molecule has 2 N–H and O–H groups in total. The quantitative estimate of drug-likeness (QED) is 0.312. The van der Waals surface area contributed by atoms with Crippen molar-refractivity contribution >= 4 is 68.9 Å². The molecular formula is C23H22ClN5O4S2. The van der Waals surface area contributed by atoms with Crippen molar-refractivity contribution in [3.05, 3.63) is 53.6 Å². The monoisotopic (exact) mass is 531 g/mol. The van der Waals surface area contributed by atoms with Crippen LogP contribution in [0.4, 0.5) is 16.5 Å². The van der Waals surface area contributed by atoms with Gasteiger partial charge in [0.15, 0.2) is 4.34 Å². The Morgan fingerprint density at radius 3 is 2.74 bits per heavy atom. The molecule has 0 saturated carbocycles. The van der Waals surface area contributed by atoms with Crippen LogP contribution in [0.3, 0.4) is 0 Å². The van der Waals surface area contributed by atoms with Crippen LogP contribution in [0.15, 0.2) is 52.9 Å². The highest BCUT2D eigenvalue weighted by atomic mass is 35.5. The van der Waals surface area contributed by atoms with Crippen molar-refractivity contribution in [2.45, 2.75) is 17.2 Å². The number of halogens is 1. The molecule has 1 aliphatic heterocycles. The van der Waals surface area contributed by atoms with E-state index in [4.69, 9.17) is 16.3 Å². The molecule has 2 heterocycles. The number of anilines is 3. The number of carbonyl (C=O) groups excluding carboxylic acids is 3. The third kappa shape index (κ3) is 6.71. The number of aromatic nitrogens is 2. The summed E-state index contributed by atoms with van der Waals surface area (Å²) in [6.45, 7) is 0.291. The molecule has 0 radical (unpaired) electrons. The van der Waals surface area contributed by atoms with Crippen molar-refractivity contribution in [3.8, 4) is 5.75 Å². The largest absolute Gasteiger partial charge is 0.497 e. The highest BCUT2D eigenvalue weighted by molar-refractivity contribution is 8.01. The van der Waals surface area contributed by atoms with Crippen LogP contribution in [0.2, 0.25) is 5.02 Å². The number of benzene rings is 2. The lowest BCUT2D eigenvalue weighted by atomic mass is 10.1. The first-order valence-corrected chi connectivity index (χ1v) is 12.9. The number of thioether (sulfide) groups is 1. The maximum atomic E-state index is 12.7. The van der Waals surface area contributed by atoms with E-state index in [1.165, 1.54) is 23.1 Å². The summed E-state index contributed by atoms with van der Waals surface area (Å²) in [6, 6.07) is 14.1. The van der Waals surface area contributed by atoms with Crippen molar-refractivity contribution in [2.75, 3.05) is 34.9 Å². The molecule has 4 rings (SSSR count). The first-order chi connectivity index (χ1) is 16.9. The van der Waals surface area contributed by atoms with Crippen LogP contribution in [0, 0.1) is 5.92 Å². The van der Waals surface area contributed by atoms with Crippen LogP contribution in [-0.4, -0.2) is 47.3 Å². The molecule has 3 amide bonds. The average Bonchev–Trinajstić information content (AvgIpc) is 3.45. The number of rotatable bonds is 9. The fraction of sp³-hybridized carbons (Fsp3) is 0.261. The number of ether oxygens (including phenoxy) is 1. The van der Waals surface area contributed by atoms with Crippen LogP contribution in [-0.2, 0) is 14.4 Å². The molecule has 12 heteroatoms. The molecule has 2 aromatic carbocycles. The summed E-state index contributed by atoms with van der Waals surface area (Å²) in [7, 11) is 1.58. The zero-order valence-corrected chi connectivity index (χ0v) is 21.1. The van der Waals surface area contributed by atoms with Crippen LogP contribution >= 0.6 is 34.7 Å². The second kappa shape index (κ2) is 11.5. The lowest BCUT2D eigenvalue weighted by Crippen LogP contribution is -2.28. The highest BCUT2D eigenvalue weighted by Crippen LogP contribution is 2.29. The van der Waals surface area contributed by atoms with Gasteiger partial charge in [-0.1, -0.05) is 40.8 Å². The smallest absolute Gasteiger partial charge is 0.231 e. The minimum absolute atomic E-state index is 0.111. The number of nitrogens with zero attached hydrogens (tertiary/aromatic N) is 3. The van der Waals surface area contributed by atoms with Gasteiger partial charge in [-0.25, -0.2) is 0 Å². The number of hydrogen-bond acceptors (Lipinski definition) is 8. The molecule has 1 aliphatic rings. The molecule has 0 bridgehead atoms. The molecule has 0 spiro atoms. The predicted octanol–water partition coefficient (Wildman–Crippen LogP) is 4.31. The molecule has 182 valence electrons. The van der Waals surface area contributed by atoms with Gasteiger partial charge in [0.2, 0.25) is 22.9 Å². The molecule has 0 aliphatic carbocycles. The molecule has 1 atom stereocenters. The molecule has 1 aromatic heterocycles. The topological polar surface area (TPSA) is 114 Å². The SMILES string of the molecule is COc1ccc(N2CC(C(=O)Nc3nnc(SCCC(=O)Nc4cccc(Cl)c4)s3)CC2=O)cc1. The fourth-order valence-corrected chi connectivity index (χ4v) is 5.40. The van der Waals surface area contributed by atoms with Gasteiger partial charge in [0.05, 0.1) is 13.0 Å². The molecule has 1 fully saturated rings. The lowest BCUT2D eigenvalue weighted by Gasteiger charge is -2.16. The van der Waals surface area contributed by atoms with Crippen LogP contribution in [0.5, 0.6) is 5.75 Å². The Morgan fingerprint density at radius 2 is 2.00 bits per heavy atom. The van der Waals surface area contributed by atoms with E-state index in [2.05, 4.69) is 20.8 Å². The summed E-state index contributed by atoms with van der Waals surface area (Å²) >= 11 is 8.53. The van der Waals surface area contributed by atoms with Crippen molar-refractivity contribution in [3.63, 3.8) is 0 Å². The Balaban J connectivity index is 1.23. The second-order valence-corrected chi connectivity index (χ2v) is 10.4. The summed E-state index contributed by atoms with van der Waals surface area (Å²) in [4.78, 5) is 38.9. The number of carbonyl (C=O) groups is 3. The first kappa shape index (κ1) is 25.0. The highest BCUT2D eigenvalue weighted by Gasteiger charge is 2.35. The van der Waals surface area contributed by atoms with E-state index >= 15 is 0 Å². The normalized spacial score (nSPS) is 15.2. The van der Waals surface area contributed by atoms with E-state index in [0.29, 0.717) is 38.2 Å². The lowest BCUT2D eigenvalue weighted by molar-refractivity contribution is -0.122. The molecule has 1 unspecified atom stereocenters. The Morgan fingerprint density at radius 1 is 1.20 bits per heavy atom. The maximum absolute atomic E-state index is 12.7. The zero-order valence-electron chi connectivity index (χ0n) is 18.7. The number of hydrogen-bond donors (Lipinski definition) is 2. The van der Waals surface area contributed by atoms with Crippen molar-refractivity contribution in [2.24, 2.45) is 5.92 Å². The summed E-state index contributed by atoms with van der Waals surface area (Å²) in [5, 5.41) is 14.5. The van der Waals surface area contributed by atoms with E-state index in [0.717, 1.165) is 5.69 Å². The zero-order chi connectivity index (χ0) is 24.8. The van der Waals surface area contributed by atoms with Crippen molar-refractivity contribution in [1.82, 2.24) is 10.2 Å². The Labute approximate surface area is 215 Å². The van der Waals surface area contributed by atoms with Gasteiger partial charge in [-0.05, 0) is 42.5 Å². The Bertz CT molecular complexity index is 1220. The third-order valence-corrected chi connectivity index (χ3v) is 7.39. The summed E-state index contributed by atoms with van der Waals surface area (Å²) < 4.78 is 5.78. The maximum Gasteiger partial charge on any atom is 0.231 e. The van der Waals surface area contributed by atoms with Gasteiger partial charge < -0.3 is 20.3 Å². The average molecular weight is 532 g/mol. The number of nitrogens with one attached hydrogen (secondary N) is 2. The molecule has 9 nitrogen and oxygen atoms in total. The van der Waals surface area contributed by atoms with Crippen LogP contribution in [0.1, 0.15) is 12.8 Å².